The van der Waals surface area contributed by atoms with Crippen molar-refractivity contribution >= 4 is 38.9 Å². The Morgan fingerprint density at radius 3 is 1.51 bits per heavy atom. The third-order valence-corrected chi connectivity index (χ3v) is 9.62. The van der Waals surface area contributed by atoms with Crippen molar-refractivity contribution in [1.82, 2.24) is 0 Å². The number of ketones is 5. The average molecular weight is 772 g/mol. The van der Waals surface area contributed by atoms with Crippen molar-refractivity contribution in [3.8, 4) is 0 Å². The molecule has 11 heteroatoms. The molecule has 4 aromatic rings. The summed E-state index contributed by atoms with van der Waals surface area (Å²) in [6, 6.07) is 26.3. The zero-order chi connectivity index (χ0) is 41.1. The van der Waals surface area contributed by atoms with E-state index >= 15 is 0 Å². The monoisotopic (exact) mass is 771 g/mol. The van der Waals surface area contributed by atoms with Gasteiger partial charge in [-0.15, -0.1) is 0 Å². The van der Waals surface area contributed by atoms with Crippen molar-refractivity contribution in [2.75, 3.05) is 20.3 Å². The Morgan fingerprint density at radius 1 is 0.618 bits per heavy atom. The second kappa shape index (κ2) is 23.1. The molecular formula is C44H53NO9S. The molecule has 0 aromatic heterocycles. The van der Waals surface area contributed by atoms with Gasteiger partial charge in [-0.1, -0.05) is 84.4 Å². The van der Waals surface area contributed by atoms with E-state index in [2.05, 4.69) is 6.92 Å². The van der Waals surface area contributed by atoms with Gasteiger partial charge in [-0.25, -0.2) is 13.6 Å². The molecule has 0 heterocycles. The van der Waals surface area contributed by atoms with Gasteiger partial charge in [0.1, 0.15) is 0 Å². The van der Waals surface area contributed by atoms with Crippen LogP contribution in [0.5, 0.6) is 0 Å². The van der Waals surface area contributed by atoms with Crippen molar-refractivity contribution in [3.63, 3.8) is 0 Å². The summed E-state index contributed by atoms with van der Waals surface area (Å²) in [4.78, 5) is 56.4. The first-order chi connectivity index (χ1) is 26.0. The van der Waals surface area contributed by atoms with E-state index in [4.69, 9.17) is 14.6 Å². The number of ether oxygens (including phenoxy) is 2. The lowest BCUT2D eigenvalue weighted by Gasteiger charge is -2.27. The predicted octanol–water partition coefficient (Wildman–Crippen LogP) is 8.29. The van der Waals surface area contributed by atoms with Gasteiger partial charge in [0.05, 0.1) is 11.0 Å². The van der Waals surface area contributed by atoms with Crippen LogP contribution >= 0.6 is 0 Å². The molecule has 1 saturated carbocycles. The molecule has 0 radical (unpaired) electrons. The third-order valence-electron chi connectivity index (χ3n) is 8.71. The van der Waals surface area contributed by atoms with Crippen LogP contribution in [-0.4, -0.2) is 63.8 Å². The highest BCUT2D eigenvalue weighted by molar-refractivity contribution is 7.89. The van der Waals surface area contributed by atoms with Crippen LogP contribution in [-0.2, 0) is 19.5 Å². The van der Waals surface area contributed by atoms with Gasteiger partial charge in [0.25, 0.3) is 0 Å². The molecule has 0 amide bonds. The predicted molar refractivity (Wildman–Crippen MR) is 215 cm³/mol. The molecule has 5 rings (SSSR count). The molecular weight excluding hydrogens is 719 g/mol. The van der Waals surface area contributed by atoms with Gasteiger partial charge < -0.3 is 9.47 Å². The number of primary sulfonamides is 1. The fourth-order valence-corrected chi connectivity index (χ4v) is 6.08. The number of hydrogen-bond donors (Lipinski definition) is 1. The van der Waals surface area contributed by atoms with E-state index in [0.29, 0.717) is 33.9 Å². The Labute approximate surface area is 325 Å². The molecule has 0 unspecified atom stereocenters. The summed E-state index contributed by atoms with van der Waals surface area (Å²) in [7, 11) is -1.92. The second-order valence-corrected chi connectivity index (χ2v) is 14.8. The number of methoxy groups -OCH3 is 1. The van der Waals surface area contributed by atoms with E-state index < -0.39 is 10.0 Å². The van der Waals surface area contributed by atoms with Gasteiger partial charge in [-0.05, 0) is 91.3 Å². The SMILES string of the molecule is CC(=O)c1ccc(C(=O)c2cccc(C(C)=O)c2)cc1.CC(=O)c1ccc(C)cc1.CC(=O)c1cccc(S(N)(=O)=O)c1.CCOC1CCC(COC)CC1. The number of carbonyl (C=O) groups excluding carboxylic acids is 5. The Balaban J connectivity index is 0.000000263. The van der Waals surface area contributed by atoms with Crippen molar-refractivity contribution in [2.24, 2.45) is 11.1 Å². The van der Waals surface area contributed by atoms with E-state index in [1.165, 1.54) is 76.3 Å². The fourth-order valence-electron chi connectivity index (χ4n) is 5.52. The molecule has 4 aromatic carbocycles. The lowest BCUT2D eigenvalue weighted by molar-refractivity contribution is 0.0139. The molecule has 0 saturated heterocycles. The summed E-state index contributed by atoms with van der Waals surface area (Å²) >= 11 is 0. The highest BCUT2D eigenvalue weighted by Crippen LogP contribution is 2.26. The molecule has 1 aliphatic carbocycles. The van der Waals surface area contributed by atoms with Crippen LogP contribution in [0.3, 0.4) is 0 Å². The largest absolute Gasteiger partial charge is 0.384 e. The van der Waals surface area contributed by atoms with Crippen molar-refractivity contribution in [1.29, 1.82) is 0 Å². The molecule has 0 atom stereocenters. The first kappa shape index (κ1) is 46.2. The van der Waals surface area contributed by atoms with Crippen molar-refractivity contribution < 1.29 is 41.9 Å². The smallest absolute Gasteiger partial charge is 0.238 e. The van der Waals surface area contributed by atoms with Gasteiger partial charge in [0, 0.05) is 53.7 Å². The minimum absolute atomic E-state index is 0.0393. The van der Waals surface area contributed by atoms with E-state index in [-0.39, 0.29) is 33.8 Å². The van der Waals surface area contributed by atoms with E-state index in [1.54, 1.807) is 62.6 Å². The minimum atomic E-state index is -3.71. The lowest BCUT2D eigenvalue weighted by atomic mass is 9.88. The number of nitrogens with two attached hydrogens (primary N) is 1. The Kier molecular flexibility index (Phi) is 19.4. The van der Waals surface area contributed by atoms with Crippen LogP contribution in [0.1, 0.15) is 123 Å². The number of Topliss-reactive ketones (excluding diaryl/α,β-unsaturated/α-hetero) is 4. The molecule has 55 heavy (non-hydrogen) atoms. The maximum atomic E-state index is 12.3. The van der Waals surface area contributed by atoms with Crippen LogP contribution in [0, 0.1) is 12.8 Å². The van der Waals surface area contributed by atoms with E-state index in [9.17, 15) is 32.4 Å². The number of aryl methyl sites for hydroxylation is 1. The maximum absolute atomic E-state index is 12.3. The van der Waals surface area contributed by atoms with Crippen LogP contribution in [0.15, 0.2) is 102 Å². The third kappa shape index (κ3) is 16.5. The number of benzene rings is 4. The summed E-state index contributed by atoms with van der Waals surface area (Å²) in [5, 5.41) is 4.89. The van der Waals surface area contributed by atoms with E-state index in [0.717, 1.165) is 24.7 Å². The minimum Gasteiger partial charge on any atom is -0.384 e. The van der Waals surface area contributed by atoms with Gasteiger partial charge in [-0.2, -0.15) is 0 Å². The quantitative estimate of drug-likeness (QED) is 0.148. The first-order valence-corrected chi connectivity index (χ1v) is 19.6. The summed E-state index contributed by atoms with van der Waals surface area (Å²) in [6.45, 7) is 11.7. The average Bonchev–Trinajstić information content (AvgIpc) is 3.16. The van der Waals surface area contributed by atoms with Gasteiger partial charge in [0.2, 0.25) is 10.0 Å². The number of rotatable bonds is 11. The number of sulfonamides is 1. The Bertz CT molecular complexity index is 1980. The molecule has 0 aliphatic heterocycles. The van der Waals surface area contributed by atoms with Crippen molar-refractivity contribution in [2.45, 2.75) is 78.2 Å². The topological polar surface area (TPSA) is 164 Å². The van der Waals surface area contributed by atoms with Crippen LogP contribution in [0.25, 0.3) is 0 Å². The molecule has 294 valence electrons. The first-order valence-electron chi connectivity index (χ1n) is 18.0. The summed E-state index contributed by atoms with van der Waals surface area (Å²) in [6.07, 6.45) is 5.53. The van der Waals surface area contributed by atoms with Crippen LogP contribution < -0.4 is 5.14 Å². The number of hydrogen-bond acceptors (Lipinski definition) is 9. The Morgan fingerprint density at radius 2 is 1.05 bits per heavy atom. The summed E-state index contributed by atoms with van der Waals surface area (Å²) in [5.41, 5.74) is 4.35. The summed E-state index contributed by atoms with van der Waals surface area (Å²) < 4.78 is 32.5. The van der Waals surface area contributed by atoms with Crippen LogP contribution in [0.2, 0.25) is 0 Å². The van der Waals surface area contributed by atoms with Gasteiger partial charge in [0.15, 0.2) is 28.9 Å². The van der Waals surface area contributed by atoms with E-state index in [1.807, 2.05) is 31.2 Å². The maximum Gasteiger partial charge on any atom is 0.238 e. The second-order valence-electron chi connectivity index (χ2n) is 13.2. The highest BCUT2D eigenvalue weighted by Gasteiger charge is 2.20. The molecule has 0 bridgehead atoms. The summed E-state index contributed by atoms with van der Waals surface area (Å²) in [5.74, 6) is 0.439. The Hall–Kier alpha value is -4.94. The zero-order valence-corrected chi connectivity index (χ0v) is 33.6. The van der Waals surface area contributed by atoms with Gasteiger partial charge in [-0.3, -0.25) is 24.0 Å². The lowest BCUT2D eigenvalue weighted by Crippen LogP contribution is -2.23. The van der Waals surface area contributed by atoms with Crippen LogP contribution in [0.4, 0.5) is 0 Å². The van der Waals surface area contributed by atoms with Crippen molar-refractivity contribution in [3.05, 3.63) is 136 Å². The standard InChI is InChI=1S/C17H14O3.C10H20O2.C9H10O.C8H9NO3S/c1-11(18)13-6-8-14(9-7-13)17(20)16-5-3-4-15(10-16)12(2)19;1-3-12-10-6-4-9(5-7-10)8-11-2;1-7-3-5-9(6-4-7)8(2)10;1-6(10)7-3-2-4-8(5-7)13(9,11)12/h3-10H,1-2H3;9-10H,3-8H2,1-2H3;3-6H,1-2H3;2-5H,1H3,(H2,9,11,12). The highest BCUT2D eigenvalue weighted by atomic mass is 32.2. The molecule has 2 N–H and O–H groups in total. The number of carbonyl (C=O) groups is 5. The molecule has 0 spiro atoms. The molecule has 1 fully saturated rings. The normalized spacial score (nSPS) is 14.7. The zero-order valence-electron chi connectivity index (χ0n) is 32.8. The molecule has 10 nitrogen and oxygen atoms in total. The van der Waals surface area contributed by atoms with Gasteiger partial charge >= 0.3 is 0 Å². The fraction of sp³-hybridized carbons (Fsp3) is 0.341. The molecule has 1 aliphatic rings.